The lowest BCUT2D eigenvalue weighted by molar-refractivity contribution is -0.120. The molecule has 0 aliphatic carbocycles. The average molecular weight is 508 g/mol. The number of anilines is 2. The molecule has 0 atom stereocenters. The summed E-state index contributed by atoms with van der Waals surface area (Å²) in [5.74, 6) is -1.77. The van der Waals surface area contributed by atoms with Gasteiger partial charge in [-0.3, -0.25) is 14.4 Å². The zero-order valence-electron chi connectivity index (χ0n) is 19.4. The largest absolute Gasteiger partial charge is 0.467 e. The fourth-order valence-corrected chi connectivity index (χ4v) is 3.68. The number of imide groups is 1. The molecule has 0 saturated carbocycles. The number of nitrogens with zero attached hydrogens (tertiary/aromatic N) is 1. The number of carbonyl (C=O) groups excluding carboxylic acids is 4. The van der Waals surface area contributed by atoms with Gasteiger partial charge < -0.3 is 19.8 Å². The Hall–Kier alpha value is -4.37. The number of halogens is 1. The molecule has 1 aliphatic rings. The summed E-state index contributed by atoms with van der Waals surface area (Å²) in [5, 5.41) is 5.26. The summed E-state index contributed by atoms with van der Waals surface area (Å²) in [7, 11) is 0. The number of esters is 1. The highest BCUT2D eigenvalue weighted by molar-refractivity contribution is 6.53. The second kappa shape index (κ2) is 10.5. The van der Waals surface area contributed by atoms with E-state index in [0.29, 0.717) is 17.0 Å². The van der Waals surface area contributed by atoms with Crippen LogP contribution in [0.1, 0.15) is 40.3 Å². The fraction of sp³-hybridized carbons (Fsp3) is 0.154. The van der Waals surface area contributed by atoms with Crippen molar-refractivity contribution in [1.82, 2.24) is 5.32 Å². The van der Waals surface area contributed by atoms with Gasteiger partial charge in [-0.05, 0) is 62.4 Å². The van der Waals surface area contributed by atoms with Gasteiger partial charge in [0.05, 0.1) is 30.2 Å². The number of benzene rings is 2. The molecule has 9 nitrogen and oxygen atoms in total. The van der Waals surface area contributed by atoms with Crippen molar-refractivity contribution in [2.24, 2.45) is 0 Å². The minimum Gasteiger partial charge on any atom is -0.467 e. The van der Waals surface area contributed by atoms with Crippen molar-refractivity contribution in [2.45, 2.75) is 26.5 Å². The minimum absolute atomic E-state index is 0.148. The van der Waals surface area contributed by atoms with Crippen LogP contribution in [-0.4, -0.2) is 29.8 Å². The van der Waals surface area contributed by atoms with Crippen LogP contribution in [0.5, 0.6) is 0 Å². The summed E-state index contributed by atoms with van der Waals surface area (Å²) in [4.78, 5) is 51.6. The molecule has 1 aliphatic heterocycles. The van der Waals surface area contributed by atoms with Crippen molar-refractivity contribution in [3.05, 3.63) is 94.5 Å². The molecule has 0 unspecified atom stereocenters. The van der Waals surface area contributed by atoms with Crippen LogP contribution in [0.25, 0.3) is 0 Å². The number of rotatable bonds is 8. The monoisotopic (exact) mass is 507 g/mol. The normalized spacial score (nSPS) is 13.4. The summed E-state index contributed by atoms with van der Waals surface area (Å²) in [6.07, 6.45) is 1.19. The maximum atomic E-state index is 13.1. The van der Waals surface area contributed by atoms with Crippen molar-refractivity contribution < 1.29 is 28.3 Å². The second-order valence-corrected chi connectivity index (χ2v) is 8.48. The van der Waals surface area contributed by atoms with E-state index in [1.165, 1.54) is 36.6 Å². The van der Waals surface area contributed by atoms with E-state index in [1.807, 2.05) is 0 Å². The summed E-state index contributed by atoms with van der Waals surface area (Å²) >= 11 is 6.22. The van der Waals surface area contributed by atoms with Crippen molar-refractivity contribution >= 4 is 46.7 Å². The highest BCUT2D eigenvalue weighted by Gasteiger charge is 2.39. The predicted octanol–water partition coefficient (Wildman–Crippen LogP) is 4.21. The van der Waals surface area contributed by atoms with E-state index < -0.39 is 17.8 Å². The van der Waals surface area contributed by atoms with E-state index in [-0.39, 0.29) is 40.5 Å². The molecule has 0 spiro atoms. The van der Waals surface area contributed by atoms with Crippen LogP contribution in [0.4, 0.5) is 11.4 Å². The molecule has 0 radical (unpaired) electrons. The standard InChI is InChI=1S/C26H22ClN3O6/c1-15(2)36-26(34)17-7-4-9-19(13-17)30-24(32)21(27)22(25(30)33)29-18-8-3-6-16(12-18)23(31)28-14-20-10-5-11-35-20/h3-13,15,29H,14H2,1-2H3,(H,28,31). The molecule has 0 bridgehead atoms. The van der Waals surface area contributed by atoms with Gasteiger partial charge in [0, 0.05) is 11.3 Å². The van der Waals surface area contributed by atoms with Crippen molar-refractivity contribution in [3.8, 4) is 0 Å². The molecule has 3 amide bonds. The van der Waals surface area contributed by atoms with Gasteiger partial charge in [0.25, 0.3) is 17.7 Å². The first-order valence-corrected chi connectivity index (χ1v) is 11.4. The molecule has 0 fully saturated rings. The summed E-state index contributed by atoms with van der Waals surface area (Å²) in [5.41, 5.74) is 0.918. The highest BCUT2D eigenvalue weighted by Crippen LogP contribution is 2.31. The van der Waals surface area contributed by atoms with Gasteiger partial charge >= 0.3 is 5.97 Å². The quantitative estimate of drug-likeness (QED) is 0.346. The zero-order valence-corrected chi connectivity index (χ0v) is 20.2. The Balaban J connectivity index is 1.50. The first-order valence-electron chi connectivity index (χ1n) is 11.0. The first-order chi connectivity index (χ1) is 17.2. The van der Waals surface area contributed by atoms with E-state index in [2.05, 4.69) is 10.6 Å². The molecule has 0 saturated heterocycles. The van der Waals surface area contributed by atoms with Gasteiger partial charge in [0.1, 0.15) is 16.5 Å². The van der Waals surface area contributed by atoms with Gasteiger partial charge in [0.2, 0.25) is 0 Å². The van der Waals surface area contributed by atoms with E-state index >= 15 is 0 Å². The molecule has 3 aromatic rings. The van der Waals surface area contributed by atoms with Crippen molar-refractivity contribution in [3.63, 3.8) is 0 Å². The molecule has 1 aromatic heterocycles. The Kier molecular flexibility index (Phi) is 7.21. The van der Waals surface area contributed by atoms with Crippen LogP contribution >= 0.6 is 11.6 Å². The molecule has 184 valence electrons. The lowest BCUT2D eigenvalue weighted by Crippen LogP contribution is -2.32. The lowest BCUT2D eigenvalue weighted by Gasteiger charge is -2.16. The third-order valence-corrected chi connectivity index (χ3v) is 5.46. The summed E-state index contributed by atoms with van der Waals surface area (Å²) < 4.78 is 10.4. The number of carbonyl (C=O) groups is 4. The fourth-order valence-electron chi connectivity index (χ4n) is 3.47. The number of amides is 3. The van der Waals surface area contributed by atoms with Crippen LogP contribution in [0.3, 0.4) is 0 Å². The topological polar surface area (TPSA) is 118 Å². The molecular weight excluding hydrogens is 486 g/mol. The SMILES string of the molecule is CC(C)OC(=O)c1cccc(N2C(=O)C(Cl)=C(Nc3cccc(C(=O)NCc4ccco4)c3)C2=O)c1. The molecule has 36 heavy (non-hydrogen) atoms. The Morgan fingerprint density at radius 2 is 1.75 bits per heavy atom. The van der Waals surface area contributed by atoms with E-state index in [4.69, 9.17) is 20.8 Å². The van der Waals surface area contributed by atoms with Crippen LogP contribution in [0, 0.1) is 0 Å². The summed E-state index contributed by atoms with van der Waals surface area (Å²) in [6.45, 7) is 3.65. The Bertz CT molecular complexity index is 1360. The minimum atomic E-state index is -0.745. The van der Waals surface area contributed by atoms with Crippen LogP contribution in [0.15, 0.2) is 82.1 Å². The maximum Gasteiger partial charge on any atom is 0.338 e. The molecule has 2 heterocycles. The Labute approximate surface area is 211 Å². The first kappa shape index (κ1) is 24.7. The number of hydrogen-bond acceptors (Lipinski definition) is 7. The molecular formula is C26H22ClN3O6. The Morgan fingerprint density at radius 3 is 2.47 bits per heavy atom. The van der Waals surface area contributed by atoms with E-state index in [0.717, 1.165) is 4.90 Å². The maximum absolute atomic E-state index is 13.1. The van der Waals surface area contributed by atoms with Gasteiger partial charge in [-0.2, -0.15) is 0 Å². The number of nitrogens with one attached hydrogen (secondary N) is 2. The molecule has 10 heteroatoms. The number of hydrogen-bond donors (Lipinski definition) is 2. The van der Waals surface area contributed by atoms with Gasteiger partial charge in [-0.1, -0.05) is 23.7 Å². The molecule has 2 aromatic carbocycles. The van der Waals surface area contributed by atoms with Crippen molar-refractivity contribution in [1.29, 1.82) is 0 Å². The van der Waals surface area contributed by atoms with E-state index in [9.17, 15) is 19.2 Å². The molecule has 2 N–H and O–H groups in total. The summed E-state index contributed by atoms with van der Waals surface area (Å²) in [6, 6.07) is 15.8. The predicted molar refractivity (Wildman–Crippen MR) is 132 cm³/mol. The average Bonchev–Trinajstić information content (AvgIpc) is 3.45. The van der Waals surface area contributed by atoms with Gasteiger partial charge in [0.15, 0.2) is 0 Å². The van der Waals surface area contributed by atoms with Gasteiger partial charge in [-0.25, -0.2) is 9.69 Å². The zero-order chi connectivity index (χ0) is 25.8. The second-order valence-electron chi connectivity index (χ2n) is 8.11. The Morgan fingerprint density at radius 1 is 1.00 bits per heavy atom. The number of ether oxygens (including phenoxy) is 1. The van der Waals surface area contributed by atoms with E-state index in [1.54, 1.807) is 44.2 Å². The van der Waals surface area contributed by atoms with Crippen LogP contribution in [0.2, 0.25) is 0 Å². The van der Waals surface area contributed by atoms with Crippen LogP contribution in [-0.2, 0) is 20.9 Å². The number of furan rings is 1. The molecule has 4 rings (SSSR count). The van der Waals surface area contributed by atoms with Crippen molar-refractivity contribution in [2.75, 3.05) is 10.2 Å². The lowest BCUT2D eigenvalue weighted by atomic mass is 10.1. The van der Waals surface area contributed by atoms with Crippen LogP contribution < -0.4 is 15.5 Å². The highest BCUT2D eigenvalue weighted by atomic mass is 35.5. The smallest absolute Gasteiger partial charge is 0.338 e. The third kappa shape index (κ3) is 5.31. The third-order valence-electron chi connectivity index (χ3n) is 5.11. The van der Waals surface area contributed by atoms with Gasteiger partial charge in [-0.15, -0.1) is 0 Å².